The lowest BCUT2D eigenvalue weighted by Gasteiger charge is -2.11. The SMILES string of the molecule is CCNCC(O)c1ccc2cccnc2c1. The van der Waals surface area contributed by atoms with Gasteiger partial charge in [0.2, 0.25) is 0 Å². The molecule has 1 atom stereocenters. The molecule has 1 aromatic carbocycles. The van der Waals surface area contributed by atoms with E-state index in [1.54, 1.807) is 6.20 Å². The van der Waals surface area contributed by atoms with Crippen LogP contribution in [0, 0.1) is 0 Å². The van der Waals surface area contributed by atoms with Crippen LogP contribution in [0.15, 0.2) is 36.5 Å². The fourth-order valence-corrected chi connectivity index (χ4v) is 1.69. The predicted molar refractivity (Wildman–Crippen MR) is 65.2 cm³/mol. The van der Waals surface area contributed by atoms with Crippen LogP contribution in [0.2, 0.25) is 0 Å². The number of pyridine rings is 1. The van der Waals surface area contributed by atoms with E-state index < -0.39 is 6.10 Å². The summed E-state index contributed by atoms with van der Waals surface area (Å²) in [6, 6.07) is 9.82. The van der Waals surface area contributed by atoms with E-state index >= 15 is 0 Å². The van der Waals surface area contributed by atoms with Crippen molar-refractivity contribution in [2.75, 3.05) is 13.1 Å². The highest BCUT2D eigenvalue weighted by atomic mass is 16.3. The van der Waals surface area contributed by atoms with Crippen molar-refractivity contribution in [3.05, 3.63) is 42.1 Å². The van der Waals surface area contributed by atoms with Crippen LogP contribution in [0.4, 0.5) is 0 Å². The van der Waals surface area contributed by atoms with Gasteiger partial charge in [0, 0.05) is 18.1 Å². The van der Waals surface area contributed by atoms with Gasteiger partial charge in [0.05, 0.1) is 11.6 Å². The summed E-state index contributed by atoms with van der Waals surface area (Å²) in [6.07, 6.45) is 1.30. The normalized spacial score (nSPS) is 12.9. The highest BCUT2D eigenvalue weighted by Crippen LogP contribution is 2.18. The summed E-state index contributed by atoms with van der Waals surface area (Å²) in [5.74, 6) is 0. The number of fused-ring (bicyclic) bond motifs is 1. The molecule has 0 spiro atoms. The maximum atomic E-state index is 9.92. The third-order valence-electron chi connectivity index (χ3n) is 2.60. The smallest absolute Gasteiger partial charge is 0.0915 e. The number of hydrogen-bond acceptors (Lipinski definition) is 3. The standard InChI is InChI=1S/C13H16N2O/c1-2-14-9-13(16)11-6-5-10-4-3-7-15-12(10)8-11/h3-8,13-14,16H,2,9H2,1H3. The van der Waals surface area contributed by atoms with Crippen molar-refractivity contribution in [3.8, 4) is 0 Å². The summed E-state index contributed by atoms with van der Waals surface area (Å²) in [6.45, 7) is 3.46. The van der Waals surface area contributed by atoms with Crippen LogP contribution in [0.3, 0.4) is 0 Å². The van der Waals surface area contributed by atoms with Crippen molar-refractivity contribution in [2.45, 2.75) is 13.0 Å². The monoisotopic (exact) mass is 216 g/mol. The van der Waals surface area contributed by atoms with E-state index in [2.05, 4.69) is 10.3 Å². The molecule has 0 aliphatic rings. The summed E-state index contributed by atoms with van der Waals surface area (Å²) in [4.78, 5) is 4.27. The summed E-state index contributed by atoms with van der Waals surface area (Å²) in [5.41, 5.74) is 1.84. The first-order valence-corrected chi connectivity index (χ1v) is 5.54. The zero-order valence-electron chi connectivity index (χ0n) is 9.35. The summed E-state index contributed by atoms with van der Waals surface area (Å²) in [7, 11) is 0. The van der Waals surface area contributed by atoms with Crippen LogP contribution < -0.4 is 5.32 Å². The molecule has 0 aliphatic heterocycles. The highest BCUT2D eigenvalue weighted by Gasteiger charge is 2.07. The minimum Gasteiger partial charge on any atom is -0.387 e. The van der Waals surface area contributed by atoms with Crippen molar-refractivity contribution in [1.82, 2.24) is 10.3 Å². The van der Waals surface area contributed by atoms with Gasteiger partial charge in [-0.25, -0.2) is 0 Å². The number of hydrogen-bond donors (Lipinski definition) is 2. The third-order valence-corrected chi connectivity index (χ3v) is 2.60. The summed E-state index contributed by atoms with van der Waals surface area (Å²) >= 11 is 0. The fourth-order valence-electron chi connectivity index (χ4n) is 1.69. The largest absolute Gasteiger partial charge is 0.387 e. The van der Waals surface area contributed by atoms with Crippen molar-refractivity contribution >= 4 is 10.9 Å². The van der Waals surface area contributed by atoms with Gasteiger partial charge < -0.3 is 10.4 Å². The van der Waals surface area contributed by atoms with Crippen molar-refractivity contribution in [2.24, 2.45) is 0 Å². The lowest BCUT2D eigenvalue weighted by atomic mass is 10.1. The van der Waals surface area contributed by atoms with E-state index in [1.807, 2.05) is 37.3 Å². The van der Waals surface area contributed by atoms with Crippen LogP contribution in [0.5, 0.6) is 0 Å². The molecule has 2 N–H and O–H groups in total. The predicted octanol–water partition coefficient (Wildman–Crippen LogP) is 1.88. The van der Waals surface area contributed by atoms with Gasteiger partial charge in [-0.2, -0.15) is 0 Å². The number of aromatic nitrogens is 1. The van der Waals surface area contributed by atoms with Crippen molar-refractivity contribution < 1.29 is 5.11 Å². The second-order valence-electron chi connectivity index (χ2n) is 3.78. The Morgan fingerprint density at radius 1 is 1.38 bits per heavy atom. The molecule has 2 aromatic rings. The molecule has 2 rings (SSSR count). The van der Waals surface area contributed by atoms with Crippen molar-refractivity contribution in [3.63, 3.8) is 0 Å². The fraction of sp³-hybridized carbons (Fsp3) is 0.308. The quantitative estimate of drug-likeness (QED) is 0.820. The molecule has 1 aromatic heterocycles. The summed E-state index contributed by atoms with van der Waals surface area (Å²) in [5, 5.41) is 14.1. The Labute approximate surface area is 95.1 Å². The zero-order chi connectivity index (χ0) is 11.4. The molecule has 0 radical (unpaired) electrons. The molecule has 0 saturated carbocycles. The first kappa shape index (κ1) is 11.0. The first-order valence-electron chi connectivity index (χ1n) is 5.54. The number of nitrogens with one attached hydrogen (secondary N) is 1. The molecule has 16 heavy (non-hydrogen) atoms. The Kier molecular flexibility index (Phi) is 3.49. The zero-order valence-corrected chi connectivity index (χ0v) is 9.35. The Balaban J connectivity index is 2.25. The second-order valence-corrected chi connectivity index (χ2v) is 3.78. The van der Waals surface area contributed by atoms with Crippen LogP contribution in [-0.4, -0.2) is 23.2 Å². The average Bonchev–Trinajstić information content (AvgIpc) is 2.35. The number of aliphatic hydroxyl groups excluding tert-OH is 1. The lowest BCUT2D eigenvalue weighted by molar-refractivity contribution is 0.176. The second kappa shape index (κ2) is 5.05. The van der Waals surface area contributed by atoms with Gasteiger partial charge in [-0.1, -0.05) is 25.1 Å². The minimum atomic E-state index is -0.466. The molecular weight excluding hydrogens is 200 g/mol. The molecule has 3 nitrogen and oxygen atoms in total. The van der Waals surface area contributed by atoms with E-state index in [4.69, 9.17) is 0 Å². The molecule has 84 valence electrons. The van der Waals surface area contributed by atoms with Gasteiger partial charge in [0.1, 0.15) is 0 Å². The molecule has 0 fully saturated rings. The Morgan fingerprint density at radius 2 is 2.25 bits per heavy atom. The summed E-state index contributed by atoms with van der Waals surface area (Å²) < 4.78 is 0. The van der Waals surface area contributed by atoms with Crippen molar-refractivity contribution in [1.29, 1.82) is 0 Å². The van der Waals surface area contributed by atoms with E-state index in [1.165, 1.54) is 0 Å². The molecule has 3 heteroatoms. The topological polar surface area (TPSA) is 45.1 Å². The number of nitrogens with zero attached hydrogens (tertiary/aromatic N) is 1. The number of likely N-dealkylation sites (N-methyl/N-ethyl adjacent to an activating group) is 1. The molecule has 1 unspecified atom stereocenters. The van der Waals surface area contributed by atoms with Gasteiger partial charge in [-0.3, -0.25) is 4.98 Å². The van der Waals surface area contributed by atoms with Gasteiger partial charge >= 0.3 is 0 Å². The maximum absolute atomic E-state index is 9.92. The van der Waals surface area contributed by atoms with E-state index in [-0.39, 0.29) is 0 Å². The molecule has 0 amide bonds. The van der Waals surface area contributed by atoms with Crippen LogP contribution in [0.1, 0.15) is 18.6 Å². The van der Waals surface area contributed by atoms with Crippen LogP contribution in [-0.2, 0) is 0 Å². The molecule has 1 heterocycles. The third kappa shape index (κ3) is 2.38. The Morgan fingerprint density at radius 3 is 3.06 bits per heavy atom. The van der Waals surface area contributed by atoms with E-state index in [0.29, 0.717) is 6.54 Å². The first-order chi connectivity index (χ1) is 7.81. The van der Waals surface area contributed by atoms with Gasteiger partial charge in [-0.15, -0.1) is 0 Å². The Hall–Kier alpha value is -1.45. The van der Waals surface area contributed by atoms with E-state index in [9.17, 15) is 5.11 Å². The molecule has 0 bridgehead atoms. The number of benzene rings is 1. The molecule has 0 aliphatic carbocycles. The maximum Gasteiger partial charge on any atom is 0.0915 e. The van der Waals surface area contributed by atoms with Crippen LogP contribution in [0.25, 0.3) is 10.9 Å². The number of aliphatic hydroxyl groups is 1. The van der Waals surface area contributed by atoms with Crippen LogP contribution >= 0.6 is 0 Å². The lowest BCUT2D eigenvalue weighted by Crippen LogP contribution is -2.20. The van der Waals surface area contributed by atoms with E-state index in [0.717, 1.165) is 23.0 Å². The van der Waals surface area contributed by atoms with Gasteiger partial charge in [0.15, 0.2) is 0 Å². The minimum absolute atomic E-state index is 0.466. The Bertz CT molecular complexity index is 470. The highest BCUT2D eigenvalue weighted by molar-refractivity contribution is 5.78. The van der Waals surface area contributed by atoms with Gasteiger partial charge in [-0.05, 0) is 24.2 Å². The molecular formula is C13H16N2O. The average molecular weight is 216 g/mol. The van der Waals surface area contributed by atoms with Gasteiger partial charge in [0.25, 0.3) is 0 Å². The molecule has 0 saturated heterocycles. The number of rotatable bonds is 4.